The number of nitrogens with one attached hydrogen (secondary N) is 2. The van der Waals surface area contributed by atoms with Crippen molar-refractivity contribution in [3.05, 3.63) is 29.8 Å². The van der Waals surface area contributed by atoms with Gasteiger partial charge in [0.05, 0.1) is 13.0 Å². The first kappa shape index (κ1) is 16.5. The lowest BCUT2D eigenvalue weighted by Crippen LogP contribution is -2.25. The van der Waals surface area contributed by atoms with E-state index in [-0.39, 0.29) is 5.91 Å². The molecule has 0 aliphatic rings. The van der Waals surface area contributed by atoms with Gasteiger partial charge < -0.3 is 15.4 Å². The Bertz CT molecular complexity index is 390. The van der Waals surface area contributed by atoms with Crippen LogP contribution in [0.25, 0.3) is 0 Å². The monoisotopic (exact) mass is 278 g/mol. The highest BCUT2D eigenvalue weighted by Gasteiger charge is 2.02. The highest BCUT2D eigenvalue weighted by Crippen LogP contribution is 2.14. The van der Waals surface area contributed by atoms with Crippen LogP contribution >= 0.6 is 0 Å². The molecule has 2 N–H and O–H groups in total. The first-order valence-electron chi connectivity index (χ1n) is 7.31. The summed E-state index contributed by atoms with van der Waals surface area (Å²) >= 11 is 0. The molecule has 4 heteroatoms. The molecule has 1 aromatic carbocycles. The Morgan fingerprint density at radius 2 is 2.00 bits per heavy atom. The molecule has 0 radical (unpaired) electrons. The van der Waals surface area contributed by atoms with Crippen molar-refractivity contribution in [3.8, 4) is 5.75 Å². The number of ether oxygens (including phenoxy) is 1. The lowest BCUT2D eigenvalue weighted by Gasteiger charge is -2.12. The van der Waals surface area contributed by atoms with Gasteiger partial charge in [0, 0.05) is 13.1 Å². The van der Waals surface area contributed by atoms with E-state index in [0.29, 0.717) is 19.1 Å². The smallest absolute Gasteiger partial charge is 0.223 e. The Labute approximate surface area is 121 Å². The molecule has 0 heterocycles. The van der Waals surface area contributed by atoms with Crippen molar-refractivity contribution in [1.29, 1.82) is 0 Å². The molecule has 1 amide bonds. The molecule has 0 aromatic heterocycles. The van der Waals surface area contributed by atoms with Crippen molar-refractivity contribution in [2.75, 3.05) is 20.2 Å². The maximum atomic E-state index is 11.1. The van der Waals surface area contributed by atoms with Crippen molar-refractivity contribution in [1.82, 2.24) is 10.6 Å². The summed E-state index contributed by atoms with van der Waals surface area (Å²) < 4.78 is 5.52. The molecule has 20 heavy (non-hydrogen) atoms. The molecule has 0 saturated heterocycles. The summed E-state index contributed by atoms with van der Waals surface area (Å²) in [6.07, 6.45) is 2.58. The van der Waals surface area contributed by atoms with Gasteiger partial charge >= 0.3 is 0 Å². The highest BCUT2D eigenvalue weighted by molar-refractivity contribution is 5.75. The zero-order chi connectivity index (χ0) is 14.8. The van der Waals surface area contributed by atoms with E-state index in [2.05, 4.69) is 36.6 Å². The molecule has 0 spiro atoms. The maximum Gasteiger partial charge on any atom is 0.223 e. The fourth-order valence-corrected chi connectivity index (χ4v) is 1.97. The predicted molar refractivity (Wildman–Crippen MR) is 82.1 cm³/mol. The SMILES string of the molecule is CCNC(C)CCc1ccc(OCCC(=O)NC)cc1. The normalized spacial score (nSPS) is 11.9. The Hall–Kier alpha value is -1.55. The summed E-state index contributed by atoms with van der Waals surface area (Å²) in [4.78, 5) is 11.1. The number of hydrogen-bond donors (Lipinski definition) is 2. The molecule has 0 aliphatic heterocycles. The average Bonchev–Trinajstić information content (AvgIpc) is 2.46. The topological polar surface area (TPSA) is 50.4 Å². The third kappa shape index (κ3) is 6.57. The molecular weight excluding hydrogens is 252 g/mol. The summed E-state index contributed by atoms with van der Waals surface area (Å²) in [5.41, 5.74) is 1.31. The number of amides is 1. The van der Waals surface area contributed by atoms with Gasteiger partial charge in [0.2, 0.25) is 5.91 Å². The zero-order valence-electron chi connectivity index (χ0n) is 12.7. The van der Waals surface area contributed by atoms with Crippen LogP contribution < -0.4 is 15.4 Å². The third-order valence-corrected chi connectivity index (χ3v) is 3.22. The van der Waals surface area contributed by atoms with Crippen LogP contribution in [-0.4, -0.2) is 32.1 Å². The van der Waals surface area contributed by atoms with Crippen molar-refractivity contribution in [2.45, 2.75) is 39.2 Å². The minimum atomic E-state index is -0.000896. The number of carbonyl (C=O) groups excluding carboxylic acids is 1. The van der Waals surface area contributed by atoms with Crippen molar-refractivity contribution >= 4 is 5.91 Å². The number of benzene rings is 1. The first-order chi connectivity index (χ1) is 9.65. The van der Waals surface area contributed by atoms with Gasteiger partial charge in [0.15, 0.2) is 0 Å². The van der Waals surface area contributed by atoms with Crippen LogP contribution in [0.2, 0.25) is 0 Å². The van der Waals surface area contributed by atoms with E-state index < -0.39 is 0 Å². The molecular formula is C16H26N2O2. The Balaban J connectivity index is 2.31. The van der Waals surface area contributed by atoms with E-state index in [1.807, 2.05) is 12.1 Å². The standard InChI is InChI=1S/C16H26N2O2/c1-4-18-13(2)5-6-14-7-9-15(10-8-14)20-12-11-16(19)17-3/h7-10,13,18H,4-6,11-12H2,1-3H3,(H,17,19). The van der Waals surface area contributed by atoms with E-state index in [4.69, 9.17) is 4.74 Å². The second kappa shape index (κ2) is 9.37. The van der Waals surface area contributed by atoms with Gasteiger partial charge in [-0.05, 0) is 44.0 Å². The highest BCUT2D eigenvalue weighted by atomic mass is 16.5. The van der Waals surface area contributed by atoms with Crippen LogP contribution in [0.15, 0.2) is 24.3 Å². The molecule has 0 aliphatic carbocycles. The molecule has 4 nitrogen and oxygen atoms in total. The van der Waals surface area contributed by atoms with Crippen LogP contribution in [0.5, 0.6) is 5.75 Å². The van der Waals surface area contributed by atoms with Crippen LogP contribution in [0, 0.1) is 0 Å². The van der Waals surface area contributed by atoms with Crippen LogP contribution in [0.3, 0.4) is 0 Å². The lowest BCUT2D eigenvalue weighted by molar-refractivity contribution is -0.121. The Kier molecular flexibility index (Phi) is 7.73. The van der Waals surface area contributed by atoms with Crippen molar-refractivity contribution in [2.24, 2.45) is 0 Å². The van der Waals surface area contributed by atoms with Gasteiger partial charge in [0.25, 0.3) is 0 Å². The van der Waals surface area contributed by atoms with E-state index in [9.17, 15) is 4.79 Å². The van der Waals surface area contributed by atoms with Gasteiger partial charge in [-0.2, -0.15) is 0 Å². The second-order valence-corrected chi connectivity index (χ2v) is 4.91. The van der Waals surface area contributed by atoms with E-state index in [0.717, 1.165) is 25.1 Å². The summed E-state index contributed by atoms with van der Waals surface area (Å²) in [6, 6.07) is 8.67. The predicted octanol–water partition coefficient (Wildman–Crippen LogP) is 2.13. The minimum absolute atomic E-state index is 0.000896. The molecule has 1 aromatic rings. The quantitative estimate of drug-likeness (QED) is 0.727. The minimum Gasteiger partial charge on any atom is -0.493 e. The molecule has 0 bridgehead atoms. The second-order valence-electron chi connectivity index (χ2n) is 4.91. The largest absolute Gasteiger partial charge is 0.493 e. The van der Waals surface area contributed by atoms with E-state index in [1.165, 1.54) is 5.56 Å². The fraction of sp³-hybridized carbons (Fsp3) is 0.562. The van der Waals surface area contributed by atoms with Gasteiger partial charge in [-0.3, -0.25) is 4.79 Å². The summed E-state index contributed by atoms with van der Waals surface area (Å²) in [5.74, 6) is 0.816. The maximum absolute atomic E-state index is 11.1. The molecule has 1 atom stereocenters. The number of aryl methyl sites for hydroxylation is 1. The fourth-order valence-electron chi connectivity index (χ4n) is 1.97. The lowest BCUT2D eigenvalue weighted by atomic mass is 10.1. The Morgan fingerprint density at radius 1 is 1.30 bits per heavy atom. The number of carbonyl (C=O) groups is 1. The summed E-state index contributed by atoms with van der Waals surface area (Å²) in [6.45, 7) is 5.76. The van der Waals surface area contributed by atoms with Crippen LogP contribution in [0.4, 0.5) is 0 Å². The molecule has 0 saturated carbocycles. The molecule has 1 unspecified atom stereocenters. The number of hydrogen-bond acceptors (Lipinski definition) is 3. The van der Waals surface area contributed by atoms with E-state index >= 15 is 0 Å². The van der Waals surface area contributed by atoms with Crippen LogP contribution in [0.1, 0.15) is 32.3 Å². The van der Waals surface area contributed by atoms with Gasteiger partial charge in [-0.25, -0.2) is 0 Å². The molecule has 1 rings (SSSR count). The third-order valence-electron chi connectivity index (χ3n) is 3.22. The molecule has 0 fully saturated rings. The van der Waals surface area contributed by atoms with Gasteiger partial charge in [-0.1, -0.05) is 19.1 Å². The van der Waals surface area contributed by atoms with Gasteiger partial charge in [0.1, 0.15) is 5.75 Å². The average molecular weight is 278 g/mol. The van der Waals surface area contributed by atoms with E-state index in [1.54, 1.807) is 7.05 Å². The van der Waals surface area contributed by atoms with Crippen LogP contribution in [-0.2, 0) is 11.2 Å². The number of rotatable bonds is 9. The summed E-state index contributed by atoms with van der Waals surface area (Å²) in [5, 5.41) is 5.98. The first-order valence-corrected chi connectivity index (χ1v) is 7.31. The Morgan fingerprint density at radius 3 is 2.60 bits per heavy atom. The zero-order valence-corrected chi connectivity index (χ0v) is 12.7. The molecule has 112 valence electrons. The van der Waals surface area contributed by atoms with Crippen molar-refractivity contribution in [3.63, 3.8) is 0 Å². The van der Waals surface area contributed by atoms with Crippen molar-refractivity contribution < 1.29 is 9.53 Å². The summed E-state index contributed by atoms with van der Waals surface area (Å²) in [7, 11) is 1.63. The van der Waals surface area contributed by atoms with Gasteiger partial charge in [-0.15, -0.1) is 0 Å².